The summed E-state index contributed by atoms with van der Waals surface area (Å²) in [7, 11) is 0. The van der Waals surface area contributed by atoms with Crippen molar-refractivity contribution in [2.75, 3.05) is 13.1 Å². The van der Waals surface area contributed by atoms with Crippen molar-refractivity contribution in [3.63, 3.8) is 0 Å². The quantitative estimate of drug-likeness (QED) is 0.420. The fraction of sp³-hybridized carbons (Fsp3) is 0.448. The first-order chi connectivity index (χ1) is 19.0. The fourth-order valence-electron chi connectivity index (χ4n) is 6.18. The Morgan fingerprint density at radius 2 is 1.65 bits per heavy atom. The molecular formula is C29H31F2N3O5S. The summed E-state index contributed by atoms with van der Waals surface area (Å²) in [6.45, 7) is 4.83. The van der Waals surface area contributed by atoms with Gasteiger partial charge in [-0.05, 0) is 65.5 Å². The van der Waals surface area contributed by atoms with E-state index in [0.717, 1.165) is 0 Å². The molecule has 5 atom stereocenters. The number of halogens is 2. The van der Waals surface area contributed by atoms with E-state index < -0.39 is 52.9 Å². The molecule has 2 aromatic carbocycles. The molecule has 3 fully saturated rings. The molecule has 2 aliphatic heterocycles. The Labute approximate surface area is 236 Å². The van der Waals surface area contributed by atoms with E-state index in [1.54, 1.807) is 0 Å². The van der Waals surface area contributed by atoms with Crippen molar-refractivity contribution in [1.29, 1.82) is 0 Å². The molecule has 0 spiro atoms. The summed E-state index contributed by atoms with van der Waals surface area (Å²) in [6.07, 6.45) is -1.06. The van der Waals surface area contributed by atoms with Crippen molar-refractivity contribution in [2.24, 2.45) is 23.2 Å². The fourth-order valence-corrected chi connectivity index (χ4v) is 6.35. The molecule has 2 heterocycles. The average molecular weight is 572 g/mol. The standard InChI is InChI=1S/C29H31F2N3O5S/c1-29(2)20-14-34(23(22(20)29)26(36)33-21(27(37)40)13-17-11-12-32-25(17)35)28(38)39-24(15-3-7-18(30)8-4-15)16-5-9-19(31)10-6-16/h3-10,17,20-24H,11-14H2,1-2H3,(H,32,35)(H,33,36)(H,37,40)/t17-,20-,21-,22-,23-/m0/s1. The number of carbonyl (C=O) groups is 4. The third-order valence-corrected chi connectivity index (χ3v) is 8.89. The molecule has 212 valence electrons. The molecule has 2 aromatic rings. The number of nitrogens with one attached hydrogen (secondary N) is 2. The predicted molar refractivity (Wildman–Crippen MR) is 144 cm³/mol. The van der Waals surface area contributed by atoms with Crippen LogP contribution in [0.25, 0.3) is 0 Å². The average Bonchev–Trinajstić information content (AvgIpc) is 3.26. The minimum absolute atomic E-state index is 0.0525. The third kappa shape index (κ3) is 5.43. The van der Waals surface area contributed by atoms with Crippen LogP contribution < -0.4 is 10.6 Å². The number of rotatable bonds is 8. The van der Waals surface area contributed by atoms with Crippen molar-refractivity contribution in [2.45, 2.75) is 44.9 Å². The second-order valence-electron chi connectivity index (χ2n) is 11.3. The second kappa shape index (κ2) is 10.8. The Bertz CT molecular complexity index is 1270. The smallest absolute Gasteiger partial charge is 0.411 e. The van der Waals surface area contributed by atoms with E-state index >= 15 is 0 Å². The zero-order valence-electron chi connectivity index (χ0n) is 22.1. The Morgan fingerprint density at radius 3 is 2.15 bits per heavy atom. The van der Waals surface area contributed by atoms with E-state index in [1.807, 2.05) is 13.8 Å². The number of fused-ring (bicyclic) bond motifs is 1. The lowest BCUT2D eigenvalue weighted by Crippen LogP contribution is -2.53. The third-order valence-electron chi connectivity index (χ3n) is 8.57. The highest BCUT2D eigenvalue weighted by Crippen LogP contribution is 2.65. The summed E-state index contributed by atoms with van der Waals surface area (Å²) in [5, 5.41) is 4.89. The van der Waals surface area contributed by atoms with Crippen LogP contribution in [0.5, 0.6) is 0 Å². The van der Waals surface area contributed by atoms with Crippen molar-refractivity contribution in [3.05, 3.63) is 71.3 Å². The summed E-state index contributed by atoms with van der Waals surface area (Å²) < 4.78 is 33.2. The van der Waals surface area contributed by atoms with Gasteiger partial charge in [-0.15, -0.1) is 12.6 Å². The van der Waals surface area contributed by atoms with Crippen molar-refractivity contribution >= 4 is 35.7 Å². The lowest BCUT2D eigenvalue weighted by molar-refractivity contribution is -0.130. The molecule has 1 aliphatic carbocycles. The first-order valence-corrected chi connectivity index (χ1v) is 13.7. The summed E-state index contributed by atoms with van der Waals surface area (Å²) in [5.41, 5.74) is 0.753. The van der Waals surface area contributed by atoms with Crippen LogP contribution in [-0.4, -0.2) is 53.1 Å². The van der Waals surface area contributed by atoms with E-state index in [2.05, 4.69) is 23.3 Å². The SMILES string of the molecule is CC1(C)[C@@H]2[C@@H](C(=O)N[C@@H](C[C@@H]3CCNC3=O)C(=O)S)N(C(=O)OC(c3ccc(F)cc3)c3ccc(F)cc3)C[C@@H]21. The van der Waals surface area contributed by atoms with Gasteiger partial charge in [0.15, 0.2) is 6.10 Å². The van der Waals surface area contributed by atoms with Crippen molar-refractivity contribution in [1.82, 2.24) is 15.5 Å². The van der Waals surface area contributed by atoms with Crippen molar-refractivity contribution < 1.29 is 32.7 Å². The Kier molecular flexibility index (Phi) is 7.60. The zero-order valence-corrected chi connectivity index (χ0v) is 23.0. The Balaban J connectivity index is 1.37. The maximum Gasteiger partial charge on any atom is 0.411 e. The molecule has 40 heavy (non-hydrogen) atoms. The molecule has 2 N–H and O–H groups in total. The maximum absolute atomic E-state index is 13.6. The lowest BCUT2D eigenvalue weighted by atomic mass is 9.97. The van der Waals surface area contributed by atoms with Gasteiger partial charge in [0.1, 0.15) is 17.7 Å². The van der Waals surface area contributed by atoms with Crippen LogP contribution in [0.2, 0.25) is 0 Å². The number of thiol groups is 1. The molecule has 8 nitrogen and oxygen atoms in total. The Hall–Kier alpha value is -3.47. The number of hydrogen-bond donors (Lipinski definition) is 3. The molecule has 2 saturated heterocycles. The zero-order chi connectivity index (χ0) is 28.8. The largest absolute Gasteiger partial charge is 0.436 e. The highest BCUT2D eigenvalue weighted by molar-refractivity contribution is 7.96. The van der Waals surface area contributed by atoms with Crippen molar-refractivity contribution in [3.8, 4) is 0 Å². The van der Waals surface area contributed by atoms with Gasteiger partial charge in [-0.25, -0.2) is 13.6 Å². The summed E-state index contributed by atoms with van der Waals surface area (Å²) in [6, 6.07) is 8.98. The molecule has 0 radical (unpaired) electrons. The van der Waals surface area contributed by atoms with Crippen LogP contribution >= 0.6 is 12.6 Å². The molecule has 11 heteroatoms. The van der Waals surface area contributed by atoms with Crippen LogP contribution in [0.3, 0.4) is 0 Å². The number of likely N-dealkylation sites (tertiary alicyclic amines) is 1. The lowest BCUT2D eigenvalue weighted by Gasteiger charge is -2.32. The number of benzene rings is 2. The Morgan fingerprint density at radius 1 is 1.07 bits per heavy atom. The first kappa shape index (κ1) is 28.1. The van der Waals surface area contributed by atoms with Gasteiger partial charge in [-0.2, -0.15) is 0 Å². The van der Waals surface area contributed by atoms with Gasteiger partial charge in [0.2, 0.25) is 16.9 Å². The van der Waals surface area contributed by atoms with Gasteiger partial charge in [-0.1, -0.05) is 38.1 Å². The molecule has 0 bridgehead atoms. The number of hydrogen-bond acceptors (Lipinski definition) is 5. The summed E-state index contributed by atoms with van der Waals surface area (Å²) in [5.74, 6) is -2.12. The molecule has 0 unspecified atom stereocenters. The highest BCUT2D eigenvalue weighted by Gasteiger charge is 2.69. The molecule has 3 aliphatic rings. The number of nitrogens with zero attached hydrogens (tertiary/aromatic N) is 1. The van der Waals surface area contributed by atoms with Gasteiger partial charge in [0, 0.05) is 19.0 Å². The van der Waals surface area contributed by atoms with Gasteiger partial charge in [0.05, 0.1) is 6.04 Å². The number of piperidine rings is 1. The predicted octanol–water partition coefficient (Wildman–Crippen LogP) is 3.61. The van der Waals surface area contributed by atoms with E-state index in [1.165, 1.54) is 53.4 Å². The van der Waals surface area contributed by atoms with E-state index in [9.17, 15) is 28.0 Å². The van der Waals surface area contributed by atoms with Gasteiger partial charge in [0.25, 0.3) is 0 Å². The molecule has 3 amide bonds. The summed E-state index contributed by atoms with van der Waals surface area (Å²) in [4.78, 5) is 52.9. The number of ether oxygens (including phenoxy) is 1. The monoisotopic (exact) mass is 571 g/mol. The highest BCUT2D eigenvalue weighted by atomic mass is 32.1. The topological polar surface area (TPSA) is 105 Å². The molecule has 1 saturated carbocycles. The van der Waals surface area contributed by atoms with Gasteiger partial charge in [-0.3, -0.25) is 19.3 Å². The normalized spacial score (nSPS) is 25.2. The van der Waals surface area contributed by atoms with Gasteiger partial charge >= 0.3 is 6.09 Å². The van der Waals surface area contributed by atoms with Crippen LogP contribution in [0.15, 0.2) is 48.5 Å². The second-order valence-corrected chi connectivity index (χ2v) is 11.8. The number of carbonyl (C=O) groups excluding carboxylic acids is 4. The van der Waals surface area contributed by atoms with Crippen LogP contribution in [0.4, 0.5) is 13.6 Å². The maximum atomic E-state index is 13.6. The van der Waals surface area contributed by atoms with Gasteiger partial charge < -0.3 is 15.4 Å². The molecular weight excluding hydrogens is 540 g/mol. The van der Waals surface area contributed by atoms with E-state index in [4.69, 9.17) is 4.74 Å². The van der Waals surface area contributed by atoms with Crippen LogP contribution in [0, 0.1) is 34.8 Å². The minimum Gasteiger partial charge on any atom is -0.436 e. The molecule has 5 rings (SSSR count). The first-order valence-electron chi connectivity index (χ1n) is 13.3. The number of amides is 3. The minimum atomic E-state index is -0.991. The molecule has 0 aromatic heterocycles. The van der Waals surface area contributed by atoms with Crippen LogP contribution in [0.1, 0.15) is 43.9 Å². The summed E-state index contributed by atoms with van der Waals surface area (Å²) >= 11 is 3.94. The van der Waals surface area contributed by atoms with E-state index in [0.29, 0.717) is 24.1 Å². The van der Waals surface area contributed by atoms with Crippen LogP contribution in [-0.2, 0) is 19.1 Å². The van der Waals surface area contributed by atoms with E-state index in [-0.39, 0.29) is 36.1 Å².